The number of pyridine rings is 1. The summed E-state index contributed by atoms with van der Waals surface area (Å²) in [6.45, 7) is 3.42. The molecule has 1 aromatic carbocycles. The van der Waals surface area contributed by atoms with E-state index >= 15 is 0 Å². The van der Waals surface area contributed by atoms with Gasteiger partial charge in [0.2, 0.25) is 0 Å². The van der Waals surface area contributed by atoms with E-state index in [0.29, 0.717) is 12.0 Å². The summed E-state index contributed by atoms with van der Waals surface area (Å²) in [6.07, 6.45) is 2.39. The Hall–Kier alpha value is -2.42. The van der Waals surface area contributed by atoms with Gasteiger partial charge in [0.05, 0.1) is 16.6 Å². The molecule has 0 aliphatic rings. The van der Waals surface area contributed by atoms with Crippen molar-refractivity contribution in [2.75, 3.05) is 0 Å². The minimum atomic E-state index is 0.0288. The largest absolute Gasteiger partial charge is 0.316 e. The van der Waals surface area contributed by atoms with Crippen LogP contribution in [0.2, 0.25) is 0 Å². The Morgan fingerprint density at radius 2 is 1.90 bits per heavy atom. The number of Topliss-reactive ketones (excluding diaryl/α,β-unsaturated/α-hetero) is 2. The van der Waals surface area contributed by atoms with Gasteiger partial charge in [-0.2, -0.15) is 0 Å². The number of carbonyl (C=O) groups is 2. The number of rotatable bonds is 3. The molecule has 0 aliphatic carbocycles. The number of hydrogen-bond acceptors (Lipinski definition) is 2. The van der Waals surface area contributed by atoms with Crippen molar-refractivity contribution < 1.29 is 9.59 Å². The van der Waals surface area contributed by atoms with E-state index in [1.165, 1.54) is 0 Å². The highest BCUT2D eigenvalue weighted by Gasteiger charge is 2.17. The summed E-state index contributed by atoms with van der Waals surface area (Å²) in [7, 11) is 0. The second kappa shape index (κ2) is 4.60. The van der Waals surface area contributed by atoms with Crippen molar-refractivity contribution in [3.05, 3.63) is 53.7 Å². The Morgan fingerprint density at radius 3 is 2.60 bits per heavy atom. The third kappa shape index (κ3) is 1.74. The number of benzene rings is 1. The second-order valence-corrected chi connectivity index (χ2v) is 4.90. The maximum Gasteiger partial charge on any atom is 0.165 e. The van der Waals surface area contributed by atoms with Gasteiger partial charge in [0, 0.05) is 23.6 Å². The van der Waals surface area contributed by atoms with Crippen LogP contribution in [0, 0.1) is 0 Å². The van der Waals surface area contributed by atoms with Crippen LogP contribution in [0.15, 0.2) is 42.6 Å². The lowest BCUT2D eigenvalue weighted by Gasteiger charge is -1.98. The number of aromatic nitrogens is 1. The molecular weight excluding hydrogens is 250 g/mol. The summed E-state index contributed by atoms with van der Waals surface area (Å²) in [5, 5.41) is 0.910. The zero-order valence-electron chi connectivity index (χ0n) is 11.5. The fraction of sp³-hybridized carbons (Fsp3) is 0.176. The molecule has 100 valence electrons. The third-order valence-electron chi connectivity index (χ3n) is 3.65. The first-order valence-electron chi connectivity index (χ1n) is 6.70. The lowest BCUT2D eigenvalue weighted by Crippen LogP contribution is -1.96. The van der Waals surface area contributed by atoms with E-state index in [1.807, 2.05) is 47.9 Å². The fourth-order valence-electron chi connectivity index (χ4n) is 2.63. The quantitative estimate of drug-likeness (QED) is 0.674. The van der Waals surface area contributed by atoms with Crippen LogP contribution in [0.4, 0.5) is 0 Å². The molecule has 3 nitrogen and oxygen atoms in total. The lowest BCUT2D eigenvalue weighted by atomic mass is 10.0. The van der Waals surface area contributed by atoms with Crippen LogP contribution in [-0.2, 0) is 0 Å². The molecule has 3 heteroatoms. The predicted octanol–water partition coefficient (Wildman–Crippen LogP) is 3.89. The van der Waals surface area contributed by atoms with Crippen LogP contribution in [0.25, 0.3) is 16.4 Å². The average Bonchev–Trinajstić information content (AvgIpc) is 2.80. The molecule has 0 bridgehead atoms. The van der Waals surface area contributed by atoms with E-state index in [9.17, 15) is 9.59 Å². The molecule has 2 aromatic heterocycles. The lowest BCUT2D eigenvalue weighted by molar-refractivity contribution is 0.0989. The first kappa shape index (κ1) is 12.6. The zero-order valence-corrected chi connectivity index (χ0v) is 11.5. The van der Waals surface area contributed by atoms with Gasteiger partial charge in [-0.05, 0) is 25.1 Å². The SMILES string of the molecule is CCC(=O)c1c2ccc(C(C)=O)cc2n2ccccc12. The van der Waals surface area contributed by atoms with E-state index in [-0.39, 0.29) is 11.6 Å². The van der Waals surface area contributed by atoms with Gasteiger partial charge in [-0.25, -0.2) is 0 Å². The molecule has 3 rings (SSSR count). The summed E-state index contributed by atoms with van der Waals surface area (Å²) >= 11 is 0. The van der Waals surface area contributed by atoms with Crippen molar-refractivity contribution >= 4 is 28.0 Å². The van der Waals surface area contributed by atoms with E-state index in [4.69, 9.17) is 0 Å². The van der Waals surface area contributed by atoms with E-state index in [2.05, 4.69) is 0 Å². The second-order valence-electron chi connectivity index (χ2n) is 4.90. The summed E-state index contributed by atoms with van der Waals surface area (Å²) in [5.74, 6) is 0.153. The fourth-order valence-corrected chi connectivity index (χ4v) is 2.63. The Balaban J connectivity index is 2.47. The minimum absolute atomic E-state index is 0.0288. The van der Waals surface area contributed by atoms with Crippen LogP contribution in [0.1, 0.15) is 41.0 Å². The van der Waals surface area contributed by atoms with Crippen LogP contribution in [0.3, 0.4) is 0 Å². The van der Waals surface area contributed by atoms with Gasteiger partial charge in [0.15, 0.2) is 11.6 Å². The number of hydrogen-bond donors (Lipinski definition) is 0. The van der Waals surface area contributed by atoms with Gasteiger partial charge in [0.1, 0.15) is 0 Å². The number of nitrogens with zero attached hydrogens (tertiary/aromatic N) is 1. The minimum Gasteiger partial charge on any atom is -0.316 e. The Labute approximate surface area is 116 Å². The molecule has 0 N–H and O–H groups in total. The van der Waals surface area contributed by atoms with Crippen molar-refractivity contribution in [2.24, 2.45) is 0 Å². The van der Waals surface area contributed by atoms with E-state index in [1.54, 1.807) is 13.0 Å². The number of fused-ring (bicyclic) bond motifs is 3. The van der Waals surface area contributed by atoms with Crippen LogP contribution in [0.5, 0.6) is 0 Å². The number of ketones is 2. The maximum absolute atomic E-state index is 12.2. The van der Waals surface area contributed by atoms with E-state index in [0.717, 1.165) is 22.0 Å². The summed E-state index contributed by atoms with van der Waals surface area (Å²) < 4.78 is 1.98. The van der Waals surface area contributed by atoms with Gasteiger partial charge in [0.25, 0.3) is 0 Å². The smallest absolute Gasteiger partial charge is 0.165 e. The molecule has 20 heavy (non-hydrogen) atoms. The molecule has 0 radical (unpaired) electrons. The van der Waals surface area contributed by atoms with Crippen molar-refractivity contribution in [3.8, 4) is 0 Å². The monoisotopic (exact) mass is 265 g/mol. The molecule has 0 spiro atoms. The normalized spacial score (nSPS) is 11.1. The molecule has 2 heterocycles. The highest BCUT2D eigenvalue weighted by Crippen LogP contribution is 2.28. The predicted molar refractivity (Wildman–Crippen MR) is 79.5 cm³/mol. The van der Waals surface area contributed by atoms with Crippen LogP contribution < -0.4 is 0 Å². The van der Waals surface area contributed by atoms with Gasteiger partial charge in [-0.1, -0.05) is 25.1 Å². The van der Waals surface area contributed by atoms with Crippen molar-refractivity contribution in [1.29, 1.82) is 0 Å². The topological polar surface area (TPSA) is 38.5 Å². The molecule has 0 aliphatic heterocycles. The van der Waals surface area contributed by atoms with Gasteiger partial charge < -0.3 is 4.40 Å². The standard InChI is InChI=1S/C17H15NO2/c1-3-16(20)17-13-8-7-12(11(2)19)10-15(13)18-9-5-4-6-14(17)18/h4-10H,3H2,1-2H3. The Kier molecular flexibility index (Phi) is 2.90. The van der Waals surface area contributed by atoms with Crippen molar-refractivity contribution in [2.45, 2.75) is 20.3 Å². The van der Waals surface area contributed by atoms with Crippen molar-refractivity contribution in [1.82, 2.24) is 4.40 Å². The molecule has 0 saturated carbocycles. The van der Waals surface area contributed by atoms with Gasteiger partial charge >= 0.3 is 0 Å². The summed E-state index contributed by atoms with van der Waals surface area (Å²) in [5.41, 5.74) is 3.22. The first-order valence-corrected chi connectivity index (χ1v) is 6.70. The van der Waals surface area contributed by atoms with Gasteiger partial charge in [-0.3, -0.25) is 9.59 Å². The average molecular weight is 265 g/mol. The third-order valence-corrected chi connectivity index (χ3v) is 3.65. The Morgan fingerprint density at radius 1 is 1.10 bits per heavy atom. The molecule has 0 amide bonds. The van der Waals surface area contributed by atoms with Gasteiger partial charge in [-0.15, -0.1) is 0 Å². The Bertz CT molecular complexity index is 843. The summed E-state index contributed by atoms with van der Waals surface area (Å²) in [4.78, 5) is 23.8. The summed E-state index contributed by atoms with van der Waals surface area (Å²) in [6, 6.07) is 11.3. The van der Waals surface area contributed by atoms with Crippen LogP contribution in [-0.4, -0.2) is 16.0 Å². The maximum atomic E-state index is 12.2. The van der Waals surface area contributed by atoms with Crippen molar-refractivity contribution in [3.63, 3.8) is 0 Å². The first-order chi connectivity index (χ1) is 9.63. The zero-order chi connectivity index (χ0) is 14.3. The molecule has 0 saturated heterocycles. The molecule has 3 aromatic rings. The molecule has 0 atom stereocenters. The highest BCUT2D eigenvalue weighted by atomic mass is 16.1. The molecular formula is C17H15NO2. The molecule has 0 fully saturated rings. The molecule has 0 unspecified atom stereocenters. The highest BCUT2D eigenvalue weighted by molar-refractivity contribution is 6.15. The number of carbonyl (C=O) groups excluding carboxylic acids is 2. The van der Waals surface area contributed by atoms with Crippen LogP contribution >= 0.6 is 0 Å². The van der Waals surface area contributed by atoms with E-state index < -0.39 is 0 Å².